The zero-order valence-corrected chi connectivity index (χ0v) is 12.3. The van der Waals surface area contributed by atoms with E-state index in [-0.39, 0.29) is 5.92 Å². The average molecular weight is 252 g/mol. The van der Waals surface area contributed by atoms with Crippen LogP contribution in [0.15, 0.2) is 23.3 Å². The highest BCUT2D eigenvalue weighted by molar-refractivity contribution is 5.69. The van der Waals surface area contributed by atoms with Gasteiger partial charge in [0.15, 0.2) is 0 Å². The standard InChI is InChI=1S/C16H28O2/c1-5-8-13(2)9-6-10-14(3)11-7-12-15(4)16(17)18/h8,11,15H,5-7,9-10,12H2,1-4H3,(H,17,18). The van der Waals surface area contributed by atoms with Crippen LogP contribution < -0.4 is 0 Å². The molecule has 0 aromatic heterocycles. The van der Waals surface area contributed by atoms with Gasteiger partial charge in [0, 0.05) is 0 Å². The van der Waals surface area contributed by atoms with Crippen LogP contribution >= 0.6 is 0 Å². The molecule has 0 aliphatic carbocycles. The minimum absolute atomic E-state index is 0.233. The molecule has 1 N–H and O–H groups in total. The first-order valence-electron chi connectivity index (χ1n) is 7.01. The summed E-state index contributed by atoms with van der Waals surface area (Å²) in [5, 5.41) is 8.77. The molecule has 0 aromatic rings. The first-order valence-corrected chi connectivity index (χ1v) is 7.01. The smallest absolute Gasteiger partial charge is 0.306 e. The molecule has 0 fully saturated rings. The fourth-order valence-electron chi connectivity index (χ4n) is 1.90. The molecule has 0 amide bonds. The number of carboxylic acids is 1. The van der Waals surface area contributed by atoms with E-state index < -0.39 is 5.97 Å². The molecule has 0 saturated heterocycles. The van der Waals surface area contributed by atoms with Crippen LogP contribution in [0.2, 0.25) is 0 Å². The Morgan fingerprint density at radius 1 is 1.17 bits per heavy atom. The molecule has 0 aliphatic rings. The van der Waals surface area contributed by atoms with Crippen molar-refractivity contribution in [2.45, 2.75) is 66.2 Å². The van der Waals surface area contributed by atoms with Crippen molar-refractivity contribution >= 4 is 5.97 Å². The van der Waals surface area contributed by atoms with E-state index in [1.54, 1.807) is 6.92 Å². The topological polar surface area (TPSA) is 37.3 Å². The Hall–Kier alpha value is -1.05. The third-order valence-electron chi connectivity index (χ3n) is 3.21. The van der Waals surface area contributed by atoms with E-state index in [4.69, 9.17) is 5.11 Å². The molecular formula is C16H28O2. The van der Waals surface area contributed by atoms with E-state index in [2.05, 4.69) is 32.9 Å². The first-order chi connectivity index (χ1) is 8.47. The van der Waals surface area contributed by atoms with Crippen molar-refractivity contribution in [2.75, 3.05) is 0 Å². The first kappa shape index (κ1) is 16.9. The highest BCUT2D eigenvalue weighted by atomic mass is 16.4. The lowest BCUT2D eigenvalue weighted by molar-refractivity contribution is -0.141. The summed E-state index contributed by atoms with van der Waals surface area (Å²) in [6.45, 7) is 8.27. The summed E-state index contributed by atoms with van der Waals surface area (Å²) in [6, 6.07) is 0. The Bertz CT molecular complexity index is 300. The monoisotopic (exact) mass is 252 g/mol. The molecule has 2 nitrogen and oxygen atoms in total. The number of allylic oxidation sites excluding steroid dienone is 4. The van der Waals surface area contributed by atoms with Crippen LogP contribution in [0.1, 0.15) is 66.2 Å². The molecule has 0 bridgehead atoms. The summed E-state index contributed by atoms with van der Waals surface area (Å²) >= 11 is 0. The Kier molecular flexibility index (Phi) is 9.35. The molecular weight excluding hydrogens is 224 g/mol. The van der Waals surface area contributed by atoms with E-state index in [0.717, 1.165) is 25.7 Å². The van der Waals surface area contributed by atoms with Gasteiger partial charge in [-0.25, -0.2) is 0 Å². The van der Waals surface area contributed by atoms with Crippen LogP contribution in [0.25, 0.3) is 0 Å². The van der Waals surface area contributed by atoms with Crippen molar-refractivity contribution in [1.29, 1.82) is 0 Å². The Labute approximate surface area is 112 Å². The lowest BCUT2D eigenvalue weighted by atomic mass is 10.0. The molecule has 1 unspecified atom stereocenters. The summed E-state index contributed by atoms with van der Waals surface area (Å²) in [5.41, 5.74) is 2.86. The van der Waals surface area contributed by atoms with E-state index in [1.165, 1.54) is 24.0 Å². The number of carbonyl (C=O) groups is 1. The van der Waals surface area contributed by atoms with Gasteiger partial charge >= 0.3 is 5.97 Å². The molecule has 0 aromatic carbocycles. The van der Waals surface area contributed by atoms with Gasteiger partial charge < -0.3 is 5.11 Å². The second-order valence-corrected chi connectivity index (χ2v) is 5.18. The zero-order valence-electron chi connectivity index (χ0n) is 12.3. The maximum atomic E-state index is 10.7. The predicted octanol–water partition coefficient (Wildman–Crippen LogP) is 4.96. The summed E-state index contributed by atoms with van der Waals surface area (Å²) in [6.07, 6.45) is 10.7. The van der Waals surface area contributed by atoms with Gasteiger partial charge in [0.2, 0.25) is 0 Å². The second kappa shape index (κ2) is 9.93. The van der Waals surface area contributed by atoms with E-state index >= 15 is 0 Å². The van der Waals surface area contributed by atoms with Crippen molar-refractivity contribution in [1.82, 2.24) is 0 Å². The SMILES string of the molecule is CCC=C(C)CCCC(C)=CCCC(C)C(=O)O. The predicted molar refractivity (Wildman–Crippen MR) is 77.7 cm³/mol. The normalized spacial score (nSPS) is 14.7. The third kappa shape index (κ3) is 9.03. The van der Waals surface area contributed by atoms with Crippen molar-refractivity contribution in [2.24, 2.45) is 5.92 Å². The minimum Gasteiger partial charge on any atom is -0.481 e. The molecule has 0 radical (unpaired) electrons. The molecule has 0 saturated carbocycles. The van der Waals surface area contributed by atoms with Crippen molar-refractivity contribution < 1.29 is 9.90 Å². The van der Waals surface area contributed by atoms with Gasteiger partial charge in [0.1, 0.15) is 0 Å². The Balaban J connectivity index is 3.78. The lowest BCUT2D eigenvalue weighted by Gasteiger charge is -2.05. The van der Waals surface area contributed by atoms with Crippen molar-refractivity contribution in [3.63, 3.8) is 0 Å². The summed E-state index contributed by atoms with van der Waals surface area (Å²) in [4.78, 5) is 10.7. The highest BCUT2D eigenvalue weighted by Gasteiger charge is 2.08. The van der Waals surface area contributed by atoms with E-state index in [0.29, 0.717) is 0 Å². The molecule has 0 heterocycles. The Morgan fingerprint density at radius 2 is 1.72 bits per heavy atom. The van der Waals surface area contributed by atoms with E-state index in [9.17, 15) is 4.79 Å². The number of aliphatic carboxylic acids is 1. The highest BCUT2D eigenvalue weighted by Crippen LogP contribution is 2.14. The maximum absolute atomic E-state index is 10.7. The maximum Gasteiger partial charge on any atom is 0.306 e. The van der Waals surface area contributed by atoms with Crippen LogP contribution in [-0.2, 0) is 4.79 Å². The van der Waals surface area contributed by atoms with Gasteiger partial charge in [0.25, 0.3) is 0 Å². The fraction of sp³-hybridized carbons (Fsp3) is 0.688. The lowest BCUT2D eigenvalue weighted by Crippen LogP contribution is -2.08. The Morgan fingerprint density at radius 3 is 2.22 bits per heavy atom. The minimum atomic E-state index is -0.693. The largest absolute Gasteiger partial charge is 0.481 e. The molecule has 0 spiro atoms. The summed E-state index contributed by atoms with van der Waals surface area (Å²) in [7, 11) is 0. The van der Waals surface area contributed by atoms with Crippen LogP contribution in [0.4, 0.5) is 0 Å². The van der Waals surface area contributed by atoms with Crippen LogP contribution in [-0.4, -0.2) is 11.1 Å². The number of hydrogen-bond acceptors (Lipinski definition) is 1. The van der Waals surface area contributed by atoms with Gasteiger partial charge in [-0.3, -0.25) is 4.79 Å². The molecule has 104 valence electrons. The zero-order chi connectivity index (χ0) is 14.0. The number of hydrogen-bond donors (Lipinski definition) is 1. The van der Waals surface area contributed by atoms with Crippen LogP contribution in [0, 0.1) is 5.92 Å². The third-order valence-corrected chi connectivity index (χ3v) is 3.21. The van der Waals surface area contributed by atoms with Crippen molar-refractivity contribution in [3.05, 3.63) is 23.3 Å². The van der Waals surface area contributed by atoms with Gasteiger partial charge in [-0.05, 0) is 52.4 Å². The molecule has 18 heavy (non-hydrogen) atoms. The van der Waals surface area contributed by atoms with Crippen molar-refractivity contribution in [3.8, 4) is 0 Å². The average Bonchev–Trinajstić information content (AvgIpc) is 2.29. The molecule has 0 aliphatic heterocycles. The summed E-state index contributed by atoms with van der Waals surface area (Å²) < 4.78 is 0. The summed E-state index contributed by atoms with van der Waals surface area (Å²) in [5.74, 6) is -0.926. The van der Waals surface area contributed by atoms with Crippen LogP contribution in [0.3, 0.4) is 0 Å². The quantitative estimate of drug-likeness (QED) is 0.589. The van der Waals surface area contributed by atoms with Gasteiger partial charge in [-0.15, -0.1) is 0 Å². The van der Waals surface area contributed by atoms with Gasteiger partial charge in [0.05, 0.1) is 5.92 Å². The fourth-order valence-corrected chi connectivity index (χ4v) is 1.90. The van der Waals surface area contributed by atoms with Crippen LogP contribution in [0.5, 0.6) is 0 Å². The number of carboxylic acid groups (broad SMARTS) is 1. The van der Waals surface area contributed by atoms with E-state index in [1.807, 2.05) is 0 Å². The molecule has 0 rings (SSSR count). The second-order valence-electron chi connectivity index (χ2n) is 5.18. The molecule has 1 atom stereocenters. The molecule has 2 heteroatoms. The van der Waals surface area contributed by atoms with Gasteiger partial charge in [-0.1, -0.05) is 37.1 Å². The number of rotatable bonds is 9. The van der Waals surface area contributed by atoms with Gasteiger partial charge in [-0.2, -0.15) is 0 Å².